The van der Waals surface area contributed by atoms with Gasteiger partial charge in [-0.1, -0.05) is 18.2 Å². The first-order chi connectivity index (χ1) is 17.7. The van der Waals surface area contributed by atoms with E-state index in [1.165, 1.54) is 11.8 Å². The van der Waals surface area contributed by atoms with Crippen molar-refractivity contribution in [2.75, 3.05) is 30.6 Å². The van der Waals surface area contributed by atoms with E-state index in [1.54, 1.807) is 18.0 Å². The number of para-hydroxylation sites is 1. The highest BCUT2D eigenvalue weighted by molar-refractivity contribution is 7.98. The zero-order valence-electron chi connectivity index (χ0n) is 20.9. The minimum Gasteiger partial charge on any atom is -0.480 e. The zero-order valence-corrected chi connectivity index (χ0v) is 22.5. The molecule has 0 fully saturated rings. The molecule has 0 saturated heterocycles. The summed E-state index contributed by atoms with van der Waals surface area (Å²) in [4.78, 5) is 53.3. The van der Waals surface area contributed by atoms with Gasteiger partial charge in [0.2, 0.25) is 17.7 Å². The fourth-order valence-corrected chi connectivity index (χ4v) is 4.58. The number of aliphatic hydroxyl groups is 1. The van der Waals surface area contributed by atoms with E-state index >= 15 is 0 Å². The number of aromatic amines is 1. The van der Waals surface area contributed by atoms with Gasteiger partial charge in [0.1, 0.15) is 18.1 Å². The summed E-state index contributed by atoms with van der Waals surface area (Å²) < 4.78 is 0. The number of benzene rings is 1. The smallest absolute Gasteiger partial charge is 0.326 e. The van der Waals surface area contributed by atoms with E-state index in [9.17, 15) is 29.4 Å². The molecule has 8 N–H and O–H groups in total. The third kappa shape index (κ3) is 9.26. The van der Waals surface area contributed by atoms with Gasteiger partial charge in [-0.3, -0.25) is 14.4 Å². The number of carboxylic acid groups (broad SMARTS) is 1. The summed E-state index contributed by atoms with van der Waals surface area (Å²) >= 11 is 2.98. The van der Waals surface area contributed by atoms with Crippen LogP contribution in [0.25, 0.3) is 10.9 Å². The average Bonchev–Trinajstić information content (AvgIpc) is 3.29. The van der Waals surface area contributed by atoms with Gasteiger partial charge in [0, 0.05) is 23.5 Å². The van der Waals surface area contributed by atoms with Crippen molar-refractivity contribution in [3.8, 4) is 0 Å². The molecule has 2 aromatic rings. The molecular weight excluding hydrogens is 518 g/mol. The Balaban J connectivity index is 2.20. The van der Waals surface area contributed by atoms with E-state index < -0.39 is 54.5 Å². The van der Waals surface area contributed by atoms with Crippen molar-refractivity contribution in [2.45, 2.75) is 43.4 Å². The predicted molar refractivity (Wildman–Crippen MR) is 146 cm³/mol. The SMILES string of the molecule is CSCCC(N)C(=O)NC(Cc1c[nH]c2ccccc12)C(=O)NC(CO)C(=O)NC(CCSC)C(=O)O. The first kappa shape index (κ1) is 30.5. The van der Waals surface area contributed by atoms with Gasteiger partial charge in [-0.15, -0.1) is 0 Å². The number of rotatable bonds is 16. The molecule has 1 aromatic heterocycles. The Morgan fingerprint density at radius 3 is 2.16 bits per heavy atom. The Labute approximate surface area is 224 Å². The van der Waals surface area contributed by atoms with Crippen LogP contribution in [0.4, 0.5) is 0 Å². The zero-order chi connectivity index (χ0) is 27.4. The van der Waals surface area contributed by atoms with Crippen molar-refractivity contribution in [2.24, 2.45) is 5.73 Å². The third-order valence-corrected chi connectivity index (χ3v) is 7.03. The van der Waals surface area contributed by atoms with Gasteiger partial charge in [-0.25, -0.2) is 4.79 Å². The van der Waals surface area contributed by atoms with Crippen molar-refractivity contribution in [1.82, 2.24) is 20.9 Å². The van der Waals surface area contributed by atoms with Crippen LogP contribution >= 0.6 is 23.5 Å². The third-order valence-electron chi connectivity index (χ3n) is 5.74. The first-order valence-electron chi connectivity index (χ1n) is 11.7. The molecule has 0 aliphatic rings. The maximum absolute atomic E-state index is 13.3. The van der Waals surface area contributed by atoms with E-state index in [0.29, 0.717) is 17.9 Å². The number of hydrogen-bond acceptors (Lipinski definition) is 8. The van der Waals surface area contributed by atoms with Crippen LogP contribution in [0, 0.1) is 0 Å². The number of thioether (sulfide) groups is 2. The molecular formula is C24H35N5O6S2. The Bertz CT molecular complexity index is 1070. The highest BCUT2D eigenvalue weighted by atomic mass is 32.2. The molecule has 0 aliphatic carbocycles. The number of aromatic nitrogens is 1. The summed E-state index contributed by atoms with van der Waals surface area (Å²) in [6.07, 6.45) is 6.15. The van der Waals surface area contributed by atoms with Crippen molar-refractivity contribution in [3.63, 3.8) is 0 Å². The Kier molecular flexibility index (Phi) is 12.8. The highest BCUT2D eigenvalue weighted by Gasteiger charge is 2.30. The maximum Gasteiger partial charge on any atom is 0.326 e. The topological polar surface area (TPSA) is 187 Å². The van der Waals surface area contributed by atoms with E-state index in [1.807, 2.05) is 36.8 Å². The molecule has 204 valence electrons. The molecule has 0 saturated carbocycles. The lowest BCUT2D eigenvalue weighted by Crippen LogP contribution is -2.58. The lowest BCUT2D eigenvalue weighted by Gasteiger charge is -2.24. The van der Waals surface area contributed by atoms with Crippen LogP contribution in [0.3, 0.4) is 0 Å². The molecule has 1 heterocycles. The summed E-state index contributed by atoms with van der Waals surface area (Å²) in [5, 5.41) is 27.5. The standard InChI is InChI=1S/C24H35N5O6S2/c1-36-9-7-16(25)21(31)28-19(11-14-12-26-17-6-4-3-5-15(14)17)22(32)29-20(13-30)23(33)27-18(24(34)35)8-10-37-2/h3-6,12,16,18-20,26,30H,7-11,13,25H2,1-2H3,(H,27,33)(H,28,31)(H,29,32)(H,34,35). The molecule has 13 heteroatoms. The molecule has 1 aromatic carbocycles. The number of carbonyl (C=O) groups is 4. The van der Waals surface area contributed by atoms with Crippen molar-refractivity contribution in [3.05, 3.63) is 36.0 Å². The summed E-state index contributed by atoms with van der Waals surface area (Å²) in [5.74, 6) is -2.10. The monoisotopic (exact) mass is 553 g/mol. The van der Waals surface area contributed by atoms with Gasteiger partial charge >= 0.3 is 5.97 Å². The van der Waals surface area contributed by atoms with Crippen LogP contribution in [0.15, 0.2) is 30.5 Å². The number of nitrogens with two attached hydrogens (primary N) is 1. The number of fused-ring (bicyclic) bond motifs is 1. The number of aliphatic carboxylic acids is 1. The Hall–Kier alpha value is -2.74. The number of aliphatic hydroxyl groups excluding tert-OH is 1. The second kappa shape index (κ2) is 15.5. The van der Waals surface area contributed by atoms with Crippen LogP contribution < -0.4 is 21.7 Å². The van der Waals surface area contributed by atoms with Gasteiger partial charge in [-0.2, -0.15) is 23.5 Å². The number of carbonyl (C=O) groups excluding carboxylic acids is 3. The molecule has 0 aliphatic heterocycles. The van der Waals surface area contributed by atoms with E-state index in [4.69, 9.17) is 5.73 Å². The van der Waals surface area contributed by atoms with E-state index in [0.717, 1.165) is 16.5 Å². The predicted octanol–water partition coefficient (Wildman–Crippen LogP) is 0.0752. The van der Waals surface area contributed by atoms with Gasteiger partial charge in [0.15, 0.2) is 0 Å². The van der Waals surface area contributed by atoms with E-state index in [-0.39, 0.29) is 12.8 Å². The van der Waals surface area contributed by atoms with Crippen LogP contribution in [0.2, 0.25) is 0 Å². The molecule has 0 bridgehead atoms. The summed E-state index contributed by atoms with van der Waals surface area (Å²) in [6, 6.07) is 3.00. The summed E-state index contributed by atoms with van der Waals surface area (Å²) in [6.45, 7) is -0.757. The fourth-order valence-electron chi connectivity index (χ4n) is 3.62. The van der Waals surface area contributed by atoms with Crippen molar-refractivity contribution >= 4 is 58.1 Å². The number of carboxylic acids is 1. The van der Waals surface area contributed by atoms with Gasteiger partial charge in [-0.05, 0) is 48.5 Å². The van der Waals surface area contributed by atoms with Crippen LogP contribution in [-0.4, -0.2) is 93.7 Å². The summed E-state index contributed by atoms with van der Waals surface area (Å²) in [7, 11) is 0. The largest absolute Gasteiger partial charge is 0.480 e. The second-order valence-electron chi connectivity index (χ2n) is 8.44. The molecule has 37 heavy (non-hydrogen) atoms. The Morgan fingerprint density at radius 2 is 1.51 bits per heavy atom. The molecule has 3 amide bonds. The molecule has 0 spiro atoms. The minimum atomic E-state index is -1.41. The maximum atomic E-state index is 13.3. The van der Waals surface area contributed by atoms with Gasteiger partial charge < -0.3 is 36.9 Å². The Morgan fingerprint density at radius 1 is 0.919 bits per heavy atom. The van der Waals surface area contributed by atoms with Crippen LogP contribution in [0.5, 0.6) is 0 Å². The van der Waals surface area contributed by atoms with Crippen molar-refractivity contribution < 1.29 is 29.4 Å². The number of nitrogens with one attached hydrogen (secondary N) is 4. The van der Waals surface area contributed by atoms with Gasteiger partial charge in [0.25, 0.3) is 0 Å². The van der Waals surface area contributed by atoms with Crippen LogP contribution in [-0.2, 0) is 25.6 Å². The molecule has 4 unspecified atom stereocenters. The molecule has 11 nitrogen and oxygen atoms in total. The number of H-pyrrole nitrogens is 1. The number of hydrogen-bond donors (Lipinski definition) is 7. The second-order valence-corrected chi connectivity index (χ2v) is 10.4. The quantitative estimate of drug-likeness (QED) is 0.151. The molecule has 2 rings (SSSR count). The molecule has 0 radical (unpaired) electrons. The number of amides is 3. The van der Waals surface area contributed by atoms with E-state index in [2.05, 4.69) is 20.9 Å². The first-order valence-corrected chi connectivity index (χ1v) is 14.5. The highest BCUT2D eigenvalue weighted by Crippen LogP contribution is 2.19. The van der Waals surface area contributed by atoms with Crippen molar-refractivity contribution in [1.29, 1.82) is 0 Å². The fraction of sp³-hybridized carbons (Fsp3) is 0.500. The summed E-state index contributed by atoms with van der Waals surface area (Å²) in [5.41, 5.74) is 7.61. The molecule has 4 atom stereocenters. The lowest BCUT2D eigenvalue weighted by atomic mass is 10.0. The minimum absolute atomic E-state index is 0.0993. The average molecular weight is 554 g/mol. The van der Waals surface area contributed by atoms with Gasteiger partial charge in [0.05, 0.1) is 12.6 Å². The normalized spacial score (nSPS) is 14.4. The lowest BCUT2D eigenvalue weighted by molar-refractivity contribution is -0.142. The van der Waals surface area contributed by atoms with Crippen LogP contribution in [0.1, 0.15) is 18.4 Å².